The first-order chi connectivity index (χ1) is 11.5. The smallest absolute Gasteiger partial charge is 0.276 e. The largest absolute Gasteiger partial charge is 0.335 e. The minimum Gasteiger partial charge on any atom is -0.335 e. The number of rotatable bonds is 5. The first kappa shape index (κ1) is 16.6. The Labute approximate surface area is 142 Å². The maximum Gasteiger partial charge on any atom is 0.276 e. The topological polar surface area (TPSA) is 77.0 Å². The Bertz CT molecular complexity index is 682. The summed E-state index contributed by atoms with van der Waals surface area (Å²) in [6.45, 7) is 6.29. The number of carbonyl (C=O) groups excluding carboxylic acids is 1. The van der Waals surface area contributed by atoms with Crippen LogP contribution in [0.1, 0.15) is 42.2 Å². The summed E-state index contributed by atoms with van der Waals surface area (Å²) < 4.78 is 1.75. The van der Waals surface area contributed by atoms with E-state index >= 15 is 0 Å². The molecule has 1 aliphatic heterocycles. The van der Waals surface area contributed by atoms with Gasteiger partial charge >= 0.3 is 0 Å². The van der Waals surface area contributed by atoms with Crippen LogP contribution in [0.2, 0.25) is 0 Å². The lowest BCUT2D eigenvalue weighted by molar-refractivity contribution is 0.0783. The third kappa shape index (κ3) is 3.64. The second-order valence-corrected chi connectivity index (χ2v) is 6.94. The van der Waals surface area contributed by atoms with Crippen molar-refractivity contribution in [2.75, 3.05) is 13.1 Å². The van der Waals surface area contributed by atoms with E-state index in [-0.39, 0.29) is 17.9 Å². The van der Waals surface area contributed by atoms with Gasteiger partial charge in [-0.1, -0.05) is 49.4 Å². The van der Waals surface area contributed by atoms with Crippen LogP contribution in [0, 0.1) is 5.92 Å². The molecule has 128 valence electrons. The molecular weight excluding hydrogens is 302 g/mol. The van der Waals surface area contributed by atoms with Gasteiger partial charge in [-0.05, 0) is 17.9 Å². The Morgan fingerprint density at radius 3 is 2.75 bits per heavy atom. The number of aryl methyl sites for hydroxylation is 1. The van der Waals surface area contributed by atoms with Crippen molar-refractivity contribution in [2.24, 2.45) is 11.7 Å². The lowest BCUT2D eigenvalue weighted by Crippen LogP contribution is -2.32. The maximum absolute atomic E-state index is 12.7. The third-order valence-corrected chi connectivity index (χ3v) is 4.57. The standard InChI is InChI=1S/C18H25N5O/c1-13(2)8-9-23-12-17(20-21-23)18(24)22-10-15(16(19)11-22)14-6-4-3-5-7-14/h3-7,12-13,15-16H,8-11,19H2,1-2H3/t15-,16+/m0/s1. The molecule has 2 heterocycles. The van der Waals surface area contributed by atoms with Gasteiger partial charge in [-0.15, -0.1) is 5.10 Å². The number of carbonyl (C=O) groups is 1. The molecule has 6 nitrogen and oxygen atoms in total. The van der Waals surface area contributed by atoms with E-state index in [2.05, 4.69) is 36.3 Å². The van der Waals surface area contributed by atoms with Gasteiger partial charge in [0.15, 0.2) is 5.69 Å². The molecule has 0 radical (unpaired) electrons. The second kappa shape index (κ2) is 7.13. The number of likely N-dealkylation sites (tertiary alicyclic amines) is 1. The summed E-state index contributed by atoms with van der Waals surface area (Å²) in [5, 5.41) is 8.11. The number of hydrogen-bond acceptors (Lipinski definition) is 4. The zero-order valence-corrected chi connectivity index (χ0v) is 14.3. The van der Waals surface area contributed by atoms with Crippen LogP contribution in [-0.2, 0) is 6.54 Å². The fraction of sp³-hybridized carbons (Fsp3) is 0.500. The van der Waals surface area contributed by atoms with Crippen molar-refractivity contribution in [1.29, 1.82) is 0 Å². The third-order valence-electron chi connectivity index (χ3n) is 4.57. The van der Waals surface area contributed by atoms with E-state index in [0.29, 0.717) is 24.7 Å². The molecule has 1 aromatic heterocycles. The van der Waals surface area contributed by atoms with Crippen LogP contribution in [0.4, 0.5) is 0 Å². The van der Waals surface area contributed by atoms with E-state index in [9.17, 15) is 4.79 Å². The molecule has 0 bridgehead atoms. The van der Waals surface area contributed by atoms with Gasteiger partial charge in [0.05, 0.1) is 6.20 Å². The molecule has 1 amide bonds. The molecule has 0 aliphatic carbocycles. The monoisotopic (exact) mass is 327 g/mol. The molecule has 1 aliphatic rings. The minimum atomic E-state index is -0.0836. The van der Waals surface area contributed by atoms with Gasteiger partial charge in [0.25, 0.3) is 5.91 Å². The summed E-state index contributed by atoms with van der Waals surface area (Å²) in [5.41, 5.74) is 7.85. The second-order valence-electron chi connectivity index (χ2n) is 6.94. The molecule has 1 fully saturated rings. The average Bonchev–Trinajstić information content (AvgIpc) is 3.20. The number of aromatic nitrogens is 3. The number of hydrogen-bond donors (Lipinski definition) is 1. The van der Waals surface area contributed by atoms with Crippen LogP contribution >= 0.6 is 0 Å². The van der Waals surface area contributed by atoms with Crippen LogP contribution in [0.15, 0.2) is 36.5 Å². The summed E-state index contributed by atoms with van der Waals surface area (Å²) in [6.07, 6.45) is 2.76. The average molecular weight is 327 g/mol. The van der Waals surface area contributed by atoms with Crippen LogP contribution < -0.4 is 5.73 Å². The zero-order valence-electron chi connectivity index (χ0n) is 14.3. The van der Waals surface area contributed by atoms with E-state index in [1.807, 2.05) is 18.2 Å². The summed E-state index contributed by atoms with van der Waals surface area (Å²) in [5.74, 6) is 0.683. The normalized spacial score (nSPS) is 20.8. The first-order valence-corrected chi connectivity index (χ1v) is 8.54. The van der Waals surface area contributed by atoms with Gasteiger partial charge in [-0.2, -0.15) is 0 Å². The van der Waals surface area contributed by atoms with E-state index in [0.717, 1.165) is 13.0 Å². The molecule has 0 unspecified atom stereocenters. The Morgan fingerprint density at radius 1 is 1.29 bits per heavy atom. The van der Waals surface area contributed by atoms with Crippen molar-refractivity contribution in [3.63, 3.8) is 0 Å². The molecule has 0 spiro atoms. The van der Waals surface area contributed by atoms with Crippen LogP contribution in [0.3, 0.4) is 0 Å². The van der Waals surface area contributed by atoms with Crippen molar-refractivity contribution < 1.29 is 4.79 Å². The molecule has 6 heteroatoms. The minimum absolute atomic E-state index is 0.0488. The molecule has 1 aromatic carbocycles. The van der Waals surface area contributed by atoms with E-state index in [1.165, 1.54) is 5.56 Å². The zero-order chi connectivity index (χ0) is 17.1. The molecule has 2 atom stereocenters. The molecule has 0 saturated carbocycles. The van der Waals surface area contributed by atoms with Crippen molar-refractivity contribution in [3.8, 4) is 0 Å². The summed E-state index contributed by atoms with van der Waals surface area (Å²) in [7, 11) is 0. The molecule has 1 saturated heterocycles. The van der Waals surface area contributed by atoms with Gasteiger partial charge in [-0.3, -0.25) is 9.48 Å². The van der Waals surface area contributed by atoms with E-state index in [4.69, 9.17) is 5.73 Å². The Kier molecular flexibility index (Phi) is 4.94. The molecule has 24 heavy (non-hydrogen) atoms. The van der Waals surface area contributed by atoms with Crippen LogP contribution in [0.5, 0.6) is 0 Å². The van der Waals surface area contributed by atoms with Gasteiger partial charge in [0.1, 0.15) is 0 Å². The molecule has 3 rings (SSSR count). The van der Waals surface area contributed by atoms with Crippen LogP contribution in [0.25, 0.3) is 0 Å². The highest BCUT2D eigenvalue weighted by Gasteiger charge is 2.35. The first-order valence-electron chi connectivity index (χ1n) is 8.54. The van der Waals surface area contributed by atoms with E-state index < -0.39 is 0 Å². The van der Waals surface area contributed by atoms with Gasteiger partial charge in [0, 0.05) is 31.6 Å². The molecule has 2 aromatic rings. The fourth-order valence-electron chi connectivity index (χ4n) is 3.11. The fourth-order valence-corrected chi connectivity index (χ4v) is 3.11. The van der Waals surface area contributed by atoms with Gasteiger partial charge in [-0.25, -0.2) is 0 Å². The Morgan fingerprint density at radius 2 is 2.04 bits per heavy atom. The SMILES string of the molecule is CC(C)CCn1cc(C(=O)N2C[C@@H](N)[C@H](c3ccccc3)C2)nn1. The van der Waals surface area contributed by atoms with Crippen LogP contribution in [-0.4, -0.2) is 44.9 Å². The number of benzene rings is 1. The van der Waals surface area contributed by atoms with Crippen molar-refractivity contribution in [2.45, 2.75) is 38.8 Å². The molecule has 2 N–H and O–H groups in total. The number of amides is 1. The Hall–Kier alpha value is -2.21. The van der Waals surface area contributed by atoms with Crippen molar-refractivity contribution in [1.82, 2.24) is 19.9 Å². The number of nitrogens with two attached hydrogens (primary N) is 1. The lowest BCUT2D eigenvalue weighted by Gasteiger charge is -2.15. The van der Waals surface area contributed by atoms with Crippen molar-refractivity contribution in [3.05, 3.63) is 47.8 Å². The highest BCUT2D eigenvalue weighted by Crippen LogP contribution is 2.27. The highest BCUT2D eigenvalue weighted by atomic mass is 16.2. The van der Waals surface area contributed by atoms with Crippen molar-refractivity contribution >= 4 is 5.91 Å². The maximum atomic E-state index is 12.7. The number of nitrogens with zero attached hydrogens (tertiary/aromatic N) is 4. The lowest BCUT2D eigenvalue weighted by atomic mass is 9.95. The summed E-state index contributed by atoms with van der Waals surface area (Å²) in [4.78, 5) is 14.5. The Balaban J connectivity index is 1.66. The quantitative estimate of drug-likeness (QED) is 0.910. The predicted molar refractivity (Wildman–Crippen MR) is 92.5 cm³/mol. The molecular formula is C18H25N5O. The van der Waals surface area contributed by atoms with Gasteiger partial charge < -0.3 is 10.6 Å². The summed E-state index contributed by atoms with van der Waals surface area (Å²) >= 11 is 0. The predicted octanol–water partition coefficient (Wildman–Crippen LogP) is 1.89. The summed E-state index contributed by atoms with van der Waals surface area (Å²) in [6, 6.07) is 10.1. The van der Waals surface area contributed by atoms with E-state index in [1.54, 1.807) is 15.8 Å². The highest BCUT2D eigenvalue weighted by molar-refractivity contribution is 5.92. The van der Waals surface area contributed by atoms with Gasteiger partial charge in [0.2, 0.25) is 0 Å².